The molecule has 2 rings (SSSR count). The smallest absolute Gasteiger partial charge is 0.0457 e. The van der Waals surface area contributed by atoms with Crippen LogP contribution in [0.4, 0.5) is 0 Å². The average molecular weight is 223 g/mol. The van der Waals surface area contributed by atoms with E-state index in [1.807, 2.05) is 24.4 Å². The lowest BCUT2D eigenvalue weighted by Gasteiger charge is -2.06. The Morgan fingerprint density at radius 2 is 2.13 bits per heavy atom. The minimum absolute atomic E-state index is 0. The molecule has 0 bridgehead atoms. The van der Waals surface area contributed by atoms with Crippen LogP contribution in [-0.4, -0.2) is 4.98 Å². The van der Waals surface area contributed by atoms with Crippen molar-refractivity contribution in [1.82, 2.24) is 4.98 Å². The summed E-state index contributed by atoms with van der Waals surface area (Å²) in [4.78, 5) is 3.21. The standard InChI is InChI=1S/C12H14N2.ClH/c1-2-5-11(13)10-8-14-12-7-4-3-6-9(10)12;/h2-4,6-8,11,14H,1,5,13H2;1H/t11-;/m1./s1. The number of aromatic nitrogens is 1. The van der Waals surface area contributed by atoms with Crippen molar-refractivity contribution < 1.29 is 0 Å². The van der Waals surface area contributed by atoms with Crippen LogP contribution in [0, 0.1) is 0 Å². The molecule has 0 radical (unpaired) electrons. The first-order chi connectivity index (χ1) is 6.83. The van der Waals surface area contributed by atoms with E-state index < -0.39 is 0 Å². The SMILES string of the molecule is C=CC[C@@H](N)c1c[nH]c2ccccc12.Cl. The summed E-state index contributed by atoms with van der Waals surface area (Å²) in [5.74, 6) is 0. The Labute approximate surface area is 95.6 Å². The molecular weight excluding hydrogens is 208 g/mol. The number of fused-ring (bicyclic) bond motifs is 1. The predicted octanol–water partition coefficient (Wildman–Crippen LogP) is 3.17. The zero-order chi connectivity index (χ0) is 9.97. The molecule has 1 aromatic carbocycles. The Hall–Kier alpha value is -1.25. The van der Waals surface area contributed by atoms with Gasteiger partial charge in [0.1, 0.15) is 0 Å². The van der Waals surface area contributed by atoms with Crippen molar-refractivity contribution in [2.45, 2.75) is 12.5 Å². The van der Waals surface area contributed by atoms with E-state index in [4.69, 9.17) is 5.73 Å². The second kappa shape index (κ2) is 5.01. The number of hydrogen-bond donors (Lipinski definition) is 2. The van der Waals surface area contributed by atoms with Crippen molar-refractivity contribution in [3.63, 3.8) is 0 Å². The molecule has 0 amide bonds. The maximum Gasteiger partial charge on any atom is 0.0457 e. The molecule has 0 saturated carbocycles. The average Bonchev–Trinajstić information content (AvgIpc) is 2.61. The fourth-order valence-corrected chi connectivity index (χ4v) is 1.71. The van der Waals surface area contributed by atoms with Gasteiger partial charge in [-0.05, 0) is 18.1 Å². The van der Waals surface area contributed by atoms with E-state index >= 15 is 0 Å². The maximum atomic E-state index is 6.02. The summed E-state index contributed by atoms with van der Waals surface area (Å²) >= 11 is 0. The lowest BCUT2D eigenvalue weighted by molar-refractivity contribution is 0.748. The molecule has 0 aliphatic heterocycles. The van der Waals surface area contributed by atoms with Gasteiger partial charge in [-0.15, -0.1) is 19.0 Å². The summed E-state index contributed by atoms with van der Waals surface area (Å²) in [6.45, 7) is 3.70. The van der Waals surface area contributed by atoms with Crippen molar-refractivity contribution in [3.8, 4) is 0 Å². The summed E-state index contributed by atoms with van der Waals surface area (Å²) in [5, 5.41) is 1.21. The molecule has 0 unspecified atom stereocenters. The summed E-state index contributed by atoms with van der Waals surface area (Å²) in [6, 6.07) is 8.23. The van der Waals surface area contributed by atoms with E-state index in [2.05, 4.69) is 23.7 Å². The highest BCUT2D eigenvalue weighted by molar-refractivity contribution is 5.85. The van der Waals surface area contributed by atoms with Gasteiger partial charge >= 0.3 is 0 Å². The van der Waals surface area contributed by atoms with Gasteiger partial charge in [0.2, 0.25) is 0 Å². The molecule has 1 atom stereocenters. The van der Waals surface area contributed by atoms with E-state index in [0.29, 0.717) is 0 Å². The Bertz CT molecular complexity index is 448. The van der Waals surface area contributed by atoms with Gasteiger partial charge in [0.25, 0.3) is 0 Å². The zero-order valence-electron chi connectivity index (χ0n) is 8.44. The number of H-pyrrole nitrogens is 1. The van der Waals surface area contributed by atoms with E-state index in [9.17, 15) is 0 Å². The molecular formula is C12H15ClN2. The molecule has 0 aliphatic rings. The number of halogens is 1. The topological polar surface area (TPSA) is 41.8 Å². The van der Waals surface area contributed by atoms with E-state index in [0.717, 1.165) is 11.9 Å². The van der Waals surface area contributed by atoms with Crippen molar-refractivity contribution >= 4 is 23.3 Å². The monoisotopic (exact) mass is 222 g/mol. The number of rotatable bonds is 3. The third-order valence-electron chi connectivity index (χ3n) is 2.44. The van der Waals surface area contributed by atoms with Gasteiger partial charge in [-0.2, -0.15) is 0 Å². The Morgan fingerprint density at radius 3 is 2.87 bits per heavy atom. The number of nitrogens with two attached hydrogens (primary N) is 1. The first kappa shape index (κ1) is 11.8. The van der Waals surface area contributed by atoms with Gasteiger partial charge in [-0.1, -0.05) is 24.3 Å². The number of aromatic amines is 1. The predicted molar refractivity (Wildman–Crippen MR) is 67.3 cm³/mol. The van der Waals surface area contributed by atoms with Gasteiger partial charge in [0, 0.05) is 23.1 Å². The van der Waals surface area contributed by atoms with Crippen molar-refractivity contribution in [2.75, 3.05) is 0 Å². The van der Waals surface area contributed by atoms with Crippen LogP contribution in [0.25, 0.3) is 10.9 Å². The highest BCUT2D eigenvalue weighted by Gasteiger charge is 2.09. The van der Waals surface area contributed by atoms with Crippen LogP contribution in [0.5, 0.6) is 0 Å². The summed E-state index contributed by atoms with van der Waals surface area (Å²) in [5.41, 5.74) is 8.33. The first-order valence-corrected chi connectivity index (χ1v) is 4.75. The number of nitrogens with one attached hydrogen (secondary N) is 1. The minimum Gasteiger partial charge on any atom is -0.361 e. The van der Waals surface area contributed by atoms with Crippen LogP contribution in [0.3, 0.4) is 0 Å². The molecule has 15 heavy (non-hydrogen) atoms. The third kappa shape index (κ3) is 2.22. The third-order valence-corrected chi connectivity index (χ3v) is 2.44. The lowest BCUT2D eigenvalue weighted by atomic mass is 10.0. The highest BCUT2D eigenvalue weighted by atomic mass is 35.5. The zero-order valence-corrected chi connectivity index (χ0v) is 9.26. The summed E-state index contributed by atoms with van der Waals surface area (Å²) in [6.07, 6.45) is 4.65. The summed E-state index contributed by atoms with van der Waals surface area (Å²) < 4.78 is 0. The fraction of sp³-hybridized carbons (Fsp3) is 0.167. The molecule has 0 saturated heterocycles. The second-order valence-electron chi connectivity index (χ2n) is 3.42. The van der Waals surface area contributed by atoms with Crippen molar-refractivity contribution in [3.05, 3.63) is 48.7 Å². The molecule has 1 heterocycles. The van der Waals surface area contributed by atoms with Gasteiger partial charge in [-0.25, -0.2) is 0 Å². The Balaban J connectivity index is 0.00000112. The van der Waals surface area contributed by atoms with Crippen molar-refractivity contribution in [2.24, 2.45) is 5.73 Å². The highest BCUT2D eigenvalue weighted by Crippen LogP contribution is 2.24. The molecule has 3 heteroatoms. The van der Waals surface area contributed by atoms with Crippen molar-refractivity contribution in [1.29, 1.82) is 0 Å². The van der Waals surface area contributed by atoms with Crippen LogP contribution >= 0.6 is 12.4 Å². The molecule has 3 N–H and O–H groups in total. The molecule has 2 nitrogen and oxygen atoms in total. The van der Waals surface area contributed by atoms with Gasteiger partial charge in [0.15, 0.2) is 0 Å². The van der Waals surface area contributed by atoms with Gasteiger partial charge in [0.05, 0.1) is 0 Å². The van der Waals surface area contributed by atoms with E-state index in [-0.39, 0.29) is 18.4 Å². The Morgan fingerprint density at radius 1 is 1.40 bits per heavy atom. The van der Waals surface area contributed by atoms with E-state index in [1.165, 1.54) is 10.9 Å². The fourth-order valence-electron chi connectivity index (χ4n) is 1.71. The minimum atomic E-state index is 0. The van der Waals surface area contributed by atoms with Crippen LogP contribution in [0.2, 0.25) is 0 Å². The normalized spacial score (nSPS) is 12.1. The Kier molecular flexibility index (Phi) is 3.95. The van der Waals surface area contributed by atoms with Crippen LogP contribution in [-0.2, 0) is 0 Å². The molecule has 0 aliphatic carbocycles. The number of benzene rings is 1. The molecule has 0 spiro atoms. The van der Waals surface area contributed by atoms with Crippen LogP contribution < -0.4 is 5.73 Å². The quantitative estimate of drug-likeness (QED) is 0.770. The number of hydrogen-bond acceptors (Lipinski definition) is 1. The molecule has 2 aromatic rings. The maximum absolute atomic E-state index is 6.02. The van der Waals surface area contributed by atoms with Gasteiger partial charge in [-0.3, -0.25) is 0 Å². The molecule has 1 aromatic heterocycles. The largest absolute Gasteiger partial charge is 0.361 e. The molecule has 80 valence electrons. The van der Waals surface area contributed by atoms with Gasteiger partial charge < -0.3 is 10.7 Å². The first-order valence-electron chi connectivity index (χ1n) is 4.75. The second-order valence-corrected chi connectivity index (χ2v) is 3.42. The van der Waals surface area contributed by atoms with Crippen LogP contribution in [0.1, 0.15) is 18.0 Å². The van der Waals surface area contributed by atoms with E-state index in [1.54, 1.807) is 0 Å². The molecule has 0 fully saturated rings. The number of para-hydroxylation sites is 1. The van der Waals surface area contributed by atoms with Crippen LogP contribution in [0.15, 0.2) is 43.1 Å². The summed E-state index contributed by atoms with van der Waals surface area (Å²) in [7, 11) is 0. The lowest BCUT2D eigenvalue weighted by Crippen LogP contribution is -2.07.